The Kier molecular flexibility index (Phi) is 6.47. The highest BCUT2D eigenvalue weighted by molar-refractivity contribution is 6.51. The Labute approximate surface area is 197 Å². The average Bonchev–Trinajstić information content (AvgIpc) is 3.08. The molecule has 0 aliphatic carbocycles. The maximum Gasteiger partial charge on any atom is 0.300 e. The summed E-state index contributed by atoms with van der Waals surface area (Å²) in [5.74, 6) is -0.753. The van der Waals surface area contributed by atoms with Crippen molar-refractivity contribution in [2.24, 2.45) is 5.92 Å². The van der Waals surface area contributed by atoms with Crippen LogP contribution in [0.1, 0.15) is 31.0 Å². The van der Waals surface area contributed by atoms with E-state index in [0.717, 1.165) is 0 Å². The Morgan fingerprint density at radius 2 is 1.88 bits per heavy atom. The molecular formula is C26H23ClN2O4. The summed E-state index contributed by atoms with van der Waals surface area (Å²) >= 11 is 6.15. The number of carbonyl (C=O) groups excluding carboxylic acids is 2. The van der Waals surface area contributed by atoms with Crippen molar-refractivity contribution >= 4 is 34.7 Å². The maximum absolute atomic E-state index is 13.1. The minimum Gasteiger partial charge on any atom is -0.507 e. The van der Waals surface area contributed by atoms with E-state index in [2.05, 4.69) is 18.8 Å². The molecule has 1 aliphatic rings. The van der Waals surface area contributed by atoms with Gasteiger partial charge in [-0.25, -0.2) is 0 Å². The normalized spacial score (nSPS) is 17.6. The van der Waals surface area contributed by atoms with Crippen molar-refractivity contribution in [1.29, 1.82) is 0 Å². The van der Waals surface area contributed by atoms with Crippen LogP contribution in [0.3, 0.4) is 0 Å². The fourth-order valence-electron chi connectivity index (χ4n) is 3.71. The van der Waals surface area contributed by atoms with Crippen LogP contribution in [0, 0.1) is 5.92 Å². The summed E-state index contributed by atoms with van der Waals surface area (Å²) in [6.45, 7) is 4.67. The Morgan fingerprint density at radius 3 is 2.52 bits per heavy atom. The minimum absolute atomic E-state index is 0.0103. The molecule has 0 bridgehead atoms. The van der Waals surface area contributed by atoms with Gasteiger partial charge in [-0.1, -0.05) is 37.6 Å². The average molecular weight is 463 g/mol. The molecule has 1 N–H and O–H groups in total. The number of aliphatic hydroxyl groups is 1. The van der Waals surface area contributed by atoms with E-state index in [9.17, 15) is 14.7 Å². The van der Waals surface area contributed by atoms with Gasteiger partial charge in [-0.15, -0.1) is 0 Å². The van der Waals surface area contributed by atoms with Gasteiger partial charge in [0.25, 0.3) is 11.7 Å². The van der Waals surface area contributed by atoms with E-state index in [4.69, 9.17) is 16.3 Å². The molecule has 1 saturated heterocycles. The molecule has 1 aromatic heterocycles. The van der Waals surface area contributed by atoms with Crippen LogP contribution in [0.5, 0.6) is 5.75 Å². The lowest BCUT2D eigenvalue weighted by Crippen LogP contribution is -2.29. The monoisotopic (exact) mass is 462 g/mol. The highest BCUT2D eigenvalue weighted by atomic mass is 35.5. The van der Waals surface area contributed by atoms with Gasteiger partial charge in [0.1, 0.15) is 11.5 Å². The van der Waals surface area contributed by atoms with Gasteiger partial charge in [0.15, 0.2) is 0 Å². The van der Waals surface area contributed by atoms with Gasteiger partial charge in [0, 0.05) is 28.7 Å². The first-order valence-corrected chi connectivity index (χ1v) is 10.9. The first-order valence-electron chi connectivity index (χ1n) is 10.6. The number of hydrogen-bond donors (Lipinski definition) is 1. The molecule has 0 radical (unpaired) electrons. The predicted octanol–water partition coefficient (Wildman–Crippen LogP) is 5.40. The summed E-state index contributed by atoms with van der Waals surface area (Å²) in [5.41, 5.74) is 1.44. The van der Waals surface area contributed by atoms with E-state index >= 15 is 0 Å². The Hall–Kier alpha value is -3.64. The third-order valence-electron chi connectivity index (χ3n) is 5.24. The third kappa shape index (κ3) is 4.61. The van der Waals surface area contributed by atoms with Crippen LogP contribution < -0.4 is 9.64 Å². The molecular weight excluding hydrogens is 440 g/mol. The van der Waals surface area contributed by atoms with Gasteiger partial charge < -0.3 is 9.84 Å². The first-order chi connectivity index (χ1) is 15.9. The van der Waals surface area contributed by atoms with Gasteiger partial charge in [0.05, 0.1) is 18.2 Å². The third-order valence-corrected chi connectivity index (χ3v) is 5.48. The number of Topliss-reactive ketones (excluding diaryl/α,β-unsaturated/α-hetero) is 1. The largest absolute Gasteiger partial charge is 0.507 e. The molecule has 1 atom stereocenters. The number of halogens is 1. The molecule has 7 heteroatoms. The second-order valence-electron chi connectivity index (χ2n) is 8.16. The van der Waals surface area contributed by atoms with Crippen molar-refractivity contribution in [3.63, 3.8) is 0 Å². The molecule has 1 aliphatic heterocycles. The van der Waals surface area contributed by atoms with Gasteiger partial charge in [-0.05, 0) is 60.0 Å². The molecule has 33 heavy (non-hydrogen) atoms. The van der Waals surface area contributed by atoms with Crippen LogP contribution in [0.2, 0.25) is 5.02 Å². The minimum atomic E-state index is -0.853. The first kappa shape index (κ1) is 22.6. The van der Waals surface area contributed by atoms with Crippen molar-refractivity contribution in [2.45, 2.75) is 19.9 Å². The lowest BCUT2D eigenvalue weighted by atomic mass is 9.96. The number of ether oxygens (including phenoxy) is 1. The second-order valence-corrected chi connectivity index (χ2v) is 8.60. The van der Waals surface area contributed by atoms with Crippen LogP contribution in [-0.2, 0) is 9.59 Å². The molecule has 4 rings (SSSR count). The highest BCUT2D eigenvalue weighted by Crippen LogP contribution is 2.42. The molecule has 6 nitrogen and oxygen atoms in total. The molecule has 0 saturated carbocycles. The summed E-state index contributed by atoms with van der Waals surface area (Å²) in [4.78, 5) is 31.7. The number of ketones is 1. The lowest BCUT2D eigenvalue weighted by molar-refractivity contribution is -0.132. The zero-order valence-corrected chi connectivity index (χ0v) is 19.0. The van der Waals surface area contributed by atoms with Crippen molar-refractivity contribution in [1.82, 2.24) is 4.98 Å². The van der Waals surface area contributed by atoms with Crippen LogP contribution in [0.4, 0.5) is 5.69 Å². The number of aromatic nitrogens is 1. The van der Waals surface area contributed by atoms with Crippen molar-refractivity contribution in [3.8, 4) is 5.75 Å². The number of carbonyl (C=O) groups is 2. The fourth-order valence-corrected chi connectivity index (χ4v) is 3.89. The van der Waals surface area contributed by atoms with Crippen LogP contribution in [-0.4, -0.2) is 28.4 Å². The van der Waals surface area contributed by atoms with E-state index < -0.39 is 17.7 Å². The van der Waals surface area contributed by atoms with Crippen LogP contribution in [0.15, 0.2) is 78.6 Å². The quantitative estimate of drug-likeness (QED) is 0.301. The zero-order chi connectivity index (χ0) is 23.5. The fraction of sp³-hybridized carbons (Fsp3) is 0.192. The summed E-state index contributed by atoms with van der Waals surface area (Å²) in [6, 6.07) is 16.1. The number of amides is 1. The smallest absolute Gasteiger partial charge is 0.300 e. The van der Waals surface area contributed by atoms with Gasteiger partial charge >= 0.3 is 0 Å². The topological polar surface area (TPSA) is 79.7 Å². The summed E-state index contributed by atoms with van der Waals surface area (Å²) in [6.07, 6.45) is 3.18. The Balaban J connectivity index is 1.80. The number of benzene rings is 2. The van der Waals surface area contributed by atoms with Crippen LogP contribution in [0.25, 0.3) is 5.76 Å². The molecule has 2 heterocycles. The van der Waals surface area contributed by atoms with E-state index in [1.165, 1.54) is 4.90 Å². The zero-order valence-electron chi connectivity index (χ0n) is 18.2. The summed E-state index contributed by atoms with van der Waals surface area (Å²) in [5, 5.41) is 11.6. The van der Waals surface area contributed by atoms with Crippen LogP contribution >= 0.6 is 11.6 Å². The second kappa shape index (κ2) is 9.46. The van der Waals surface area contributed by atoms with E-state index in [1.807, 2.05) is 0 Å². The lowest BCUT2D eigenvalue weighted by Gasteiger charge is -2.25. The van der Waals surface area contributed by atoms with Crippen molar-refractivity contribution in [3.05, 3.63) is 94.8 Å². The SMILES string of the molecule is CC(C)COc1ccc(/C(O)=C2\C(=O)C(=O)N(c3cccc(Cl)c3)C2c2cccnc2)cc1. The highest BCUT2D eigenvalue weighted by Gasteiger charge is 2.47. The maximum atomic E-state index is 13.1. The standard InChI is InChI=1S/C26H23ClN2O4/c1-16(2)15-33-21-10-8-17(9-11-21)24(30)22-23(18-5-4-12-28-14-18)29(26(32)25(22)31)20-7-3-6-19(27)13-20/h3-14,16,23,30H,15H2,1-2H3/b24-22+. The predicted molar refractivity (Wildman–Crippen MR) is 127 cm³/mol. The van der Waals surface area contributed by atoms with E-state index in [-0.39, 0.29) is 11.3 Å². The Bertz CT molecular complexity index is 1210. The number of pyridine rings is 1. The molecule has 1 amide bonds. The van der Waals surface area contributed by atoms with Crippen molar-refractivity contribution in [2.75, 3.05) is 11.5 Å². The number of aliphatic hydroxyl groups excluding tert-OH is 1. The van der Waals surface area contributed by atoms with E-state index in [1.54, 1.807) is 73.1 Å². The van der Waals surface area contributed by atoms with E-state index in [0.29, 0.717) is 40.1 Å². The molecule has 2 aromatic carbocycles. The molecule has 1 fully saturated rings. The Morgan fingerprint density at radius 1 is 1.12 bits per heavy atom. The molecule has 1 unspecified atom stereocenters. The number of hydrogen-bond acceptors (Lipinski definition) is 5. The number of rotatable bonds is 6. The molecule has 0 spiro atoms. The number of nitrogens with zero attached hydrogens (tertiary/aromatic N) is 2. The van der Waals surface area contributed by atoms with Gasteiger partial charge in [0.2, 0.25) is 0 Å². The molecule has 168 valence electrons. The van der Waals surface area contributed by atoms with Gasteiger partial charge in [-0.3, -0.25) is 19.5 Å². The summed E-state index contributed by atoms with van der Waals surface area (Å²) in [7, 11) is 0. The molecule has 3 aromatic rings. The number of anilines is 1. The van der Waals surface area contributed by atoms with Gasteiger partial charge in [-0.2, -0.15) is 0 Å². The van der Waals surface area contributed by atoms with Crippen molar-refractivity contribution < 1.29 is 19.4 Å². The summed E-state index contributed by atoms with van der Waals surface area (Å²) < 4.78 is 5.69.